The van der Waals surface area contributed by atoms with E-state index in [9.17, 15) is 4.79 Å². The number of aromatic carboxylic acids is 1. The van der Waals surface area contributed by atoms with Crippen LogP contribution in [0.25, 0.3) is 5.65 Å². The molecule has 1 N–H and O–H groups in total. The van der Waals surface area contributed by atoms with Gasteiger partial charge in [0.25, 0.3) is 0 Å². The highest BCUT2D eigenvalue weighted by molar-refractivity contribution is 5.84. The summed E-state index contributed by atoms with van der Waals surface area (Å²) in [6, 6.07) is 5.55. The minimum atomic E-state index is -1.11. The van der Waals surface area contributed by atoms with Crippen LogP contribution >= 0.6 is 0 Å². The monoisotopic (exact) mass is 244 g/mol. The molecule has 0 spiro atoms. The molecule has 3 aromatic heterocycles. The minimum Gasteiger partial charge on any atom is -0.476 e. The van der Waals surface area contributed by atoms with Gasteiger partial charge in [-0.15, -0.1) is 10.2 Å². The van der Waals surface area contributed by atoms with Crippen molar-refractivity contribution in [3.8, 4) is 0 Å². The van der Waals surface area contributed by atoms with Crippen LogP contribution in [0, 0.1) is 0 Å². The molecule has 8 nitrogen and oxygen atoms in total. The Morgan fingerprint density at radius 1 is 1.39 bits per heavy atom. The Kier molecular flexibility index (Phi) is 2.26. The number of aromatic nitrogens is 6. The molecule has 0 saturated carbocycles. The lowest BCUT2D eigenvalue weighted by atomic mass is 10.5. The van der Waals surface area contributed by atoms with Crippen molar-refractivity contribution in [2.75, 3.05) is 0 Å². The van der Waals surface area contributed by atoms with Crippen LogP contribution < -0.4 is 0 Å². The molecule has 0 radical (unpaired) electrons. The molecule has 18 heavy (non-hydrogen) atoms. The predicted octanol–water partition coefficient (Wildman–Crippen LogP) is 0.0673. The van der Waals surface area contributed by atoms with E-state index < -0.39 is 5.97 Å². The molecule has 3 heterocycles. The second-order valence-electron chi connectivity index (χ2n) is 3.64. The first-order valence-electron chi connectivity index (χ1n) is 5.16. The van der Waals surface area contributed by atoms with E-state index in [0.717, 1.165) is 5.65 Å². The van der Waals surface area contributed by atoms with Crippen LogP contribution in [0.1, 0.15) is 16.3 Å². The number of carboxylic acids is 1. The summed E-state index contributed by atoms with van der Waals surface area (Å²) < 4.78 is 3.03. The largest absolute Gasteiger partial charge is 0.476 e. The molecule has 8 heteroatoms. The Bertz CT molecular complexity index is 683. The number of pyridine rings is 1. The second-order valence-corrected chi connectivity index (χ2v) is 3.64. The van der Waals surface area contributed by atoms with E-state index in [1.165, 1.54) is 10.9 Å². The van der Waals surface area contributed by atoms with E-state index >= 15 is 0 Å². The van der Waals surface area contributed by atoms with Gasteiger partial charge in [0.15, 0.2) is 17.2 Å². The summed E-state index contributed by atoms with van der Waals surface area (Å²) in [6.45, 7) is 0.280. The highest BCUT2D eigenvalue weighted by Crippen LogP contribution is 2.02. The SMILES string of the molecule is O=C(O)c1cn(Cc2nc3ccccn3n2)nn1. The van der Waals surface area contributed by atoms with Crippen molar-refractivity contribution in [2.24, 2.45) is 0 Å². The number of nitrogens with zero attached hydrogens (tertiary/aromatic N) is 6. The third kappa shape index (κ3) is 1.79. The molecule has 0 aliphatic rings. The third-order valence-corrected chi connectivity index (χ3v) is 2.35. The van der Waals surface area contributed by atoms with Crippen LogP contribution in [0.3, 0.4) is 0 Å². The fourth-order valence-electron chi connectivity index (χ4n) is 1.56. The zero-order valence-electron chi connectivity index (χ0n) is 9.13. The molecule has 0 aromatic carbocycles. The van der Waals surface area contributed by atoms with Gasteiger partial charge < -0.3 is 5.11 Å². The third-order valence-electron chi connectivity index (χ3n) is 2.35. The van der Waals surface area contributed by atoms with Gasteiger partial charge in [-0.1, -0.05) is 11.3 Å². The highest BCUT2D eigenvalue weighted by atomic mass is 16.4. The van der Waals surface area contributed by atoms with Crippen molar-refractivity contribution < 1.29 is 9.90 Å². The fourth-order valence-corrected chi connectivity index (χ4v) is 1.56. The van der Waals surface area contributed by atoms with E-state index in [-0.39, 0.29) is 12.2 Å². The van der Waals surface area contributed by atoms with Crippen molar-refractivity contribution in [3.05, 3.63) is 42.1 Å². The Morgan fingerprint density at radius 2 is 2.28 bits per heavy atom. The van der Waals surface area contributed by atoms with Crippen molar-refractivity contribution in [2.45, 2.75) is 6.54 Å². The summed E-state index contributed by atoms with van der Waals surface area (Å²) in [5, 5.41) is 20.2. The molecular formula is C10H8N6O2. The summed E-state index contributed by atoms with van der Waals surface area (Å²) in [5.74, 6) is -0.563. The van der Waals surface area contributed by atoms with Gasteiger partial charge in [0.1, 0.15) is 6.54 Å². The number of hydrogen-bond donors (Lipinski definition) is 1. The molecule has 0 unspecified atom stereocenters. The van der Waals surface area contributed by atoms with Gasteiger partial charge in [-0.3, -0.25) is 0 Å². The summed E-state index contributed by atoms with van der Waals surface area (Å²) in [7, 11) is 0. The lowest BCUT2D eigenvalue weighted by Gasteiger charge is -1.92. The first-order chi connectivity index (χ1) is 8.72. The lowest BCUT2D eigenvalue weighted by molar-refractivity contribution is 0.0690. The van der Waals surface area contributed by atoms with Gasteiger partial charge in [-0.25, -0.2) is 19.0 Å². The lowest BCUT2D eigenvalue weighted by Crippen LogP contribution is -2.02. The smallest absolute Gasteiger partial charge is 0.358 e. The second kappa shape index (κ2) is 3.91. The molecule has 0 saturated heterocycles. The van der Waals surface area contributed by atoms with Gasteiger partial charge in [0.05, 0.1) is 6.20 Å². The van der Waals surface area contributed by atoms with Crippen LogP contribution in [0.2, 0.25) is 0 Å². The normalized spacial score (nSPS) is 10.9. The van der Waals surface area contributed by atoms with Crippen LogP contribution in [0.4, 0.5) is 0 Å². The van der Waals surface area contributed by atoms with Gasteiger partial charge >= 0.3 is 5.97 Å². The summed E-state index contributed by atoms with van der Waals surface area (Å²) in [6.07, 6.45) is 3.13. The molecule has 0 bridgehead atoms. The summed E-state index contributed by atoms with van der Waals surface area (Å²) in [4.78, 5) is 14.9. The molecule has 0 amide bonds. The Hall–Kier alpha value is -2.77. The first kappa shape index (κ1) is 10.4. The number of fused-ring (bicyclic) bond motifs is 1. The molecule has 0 aliphatic heterocycles. The number of carbonyl (C=O) groups is 1. The van der Waals surface area contributed by atoms with E-state index in [1.54, 1.807) is 10.7 Å². The average Bonchev–Trinajstić information content (AvgIpc) is 2.94. The van der Waals surface area contributed by atoms with E-state index in [2.05, 4.69) is 20.4 Å². The van der Waals surface area contributed by atoms with Crippen molar-refractivity contribution in [1.82, 2.24) is 29.6 Å². The van der Waals surface area contributed by atoms with Crippen molar-refractivity contribution in [1.29, 1.82) is 0 Å². The average molecular weight is 244 g/mol. The standard InChI is InChI=1S/C10H8N6O2/c17-10(18)7-5-15(14-12-7)6-8-11-9-3-1-2-4-16(9)13-8/h1-5H,6H2,(H,17,18). The van der Waals surface area contributed by atoms with Crippen LogP contribution in [-0.4, -0.2) is 40.7 Å². The van der Waals surface area contributed by atoms with E-state index in [4.69, 9.17) is 5.11 Å². The quantitative estimate of drug-likeness (QED) is 0.699. The summed E-state index contributed by atoms with van der Waals surface area (Å²) >= 11 is 0. The van der Waals surface area contributed by atoms with Gasteiger partial charge in [0.2, 0.25) is 0 Å². The van der Waals surface area contributed by atoms with Gasteiger partial charge in [-0.05, 0) is 12.1 Å². The van der Waals surface area contributed by atoms with E-state index in [0.29, 0.717) is 5.82 Å². The number of hydrogen-bond acceptors (Lipinski definition) is 5. The summed E-state index contributed by atoms with van der Waals surface area (Å²) in [5.41, 5.74) is 0.629. The molecular weight excluding hydrogens is 236 g/mol. The number of carboxylic acid groups (broad SMARTS) is 1. The predicted molar refractivity (Wildman–Crippen MR) is 59.1 cm³/mol. The molecule has 3 aromatic rings. The van der Waals surface area contributed by atoms with Crippen LogP contribution in [0.15, 0.2) is 30.6 Å². The first-order valence-corrected chi connectivity index (χ1v) is 5.16. The molecule has 90 valence electrons. The Morgan fingerprint density at radius 3 is 3.00 bits per heavy atom. The maximum absolute atomic E-state index is 10.7. The van der Waals surface area contributed by atoms with Crippen molar-refractivity contribution >= 4 is 11.6 Å². The van der Waals surface area contributed by atoms with Crippen LogP contribution in [-0.2, 0) is 6.54 Å². The number of rotatable bonds is 3. The zero-order chi connectivity index (χ0) is 12.5. The maximum Gasteiger partial charge on any atom is 0.358 e. The zero-order valence-corrected chi connectivity index (χ0v) is 9.13. The topological polar surface area (TPSA) is 98.2 Å². The molecule has 3 rings (SSSR count). The van der Waals surface area contributed by atoms with Gasteiger partial charge in [-0.2, -0.15) is 0 Å². The highest BCUT2D eigenvalue weighted by Gasteiger charge is 2.10. The Labute approximate surface area is 100 Å². The van der Waals surface area contributed by atoms with Gasteiger partial charge in [0, 0.05) is 6.20 Å². The maximum atomic E-state index is 10.7. The van der Waals surface area contributed by atoms with Crippen LogP contribution in [0.5, 0.6) is 0 Å². The molecule has 0 aliphatic carbocycles. The fraction of sp³-hybridized carbons (Fsp3) is 0.100. The minimum absolute atomic E-state index is 0.0984. The molecule has 0 fully saturated rings. The van der Waals surface area contributed by atoms with E-state index in [1.807, 2.05) is 18.2 Å². The Balaban J connectivity index is 1.88. The van der Waals surface area contributed by atoms with Crippen molar-refractivity contribution in [3.63, 3.8) is 0 Å². The molecule has 0 atom stereocenters.